The van der Waals surface area contributed by atoms with Gasteiger partial charge in [0.15, 0.2) is 17.3 Å². The fraction of sp³-hybridized carbons (Fsp3) is 0.0833. The van der Waals surface area contributed by atoms with Crippen LogP contribution in [0.25, 0.3) is 21.7 Å². The molecule has 0 atom stereocenters. The van der Waals surface area contributed by atoms with Crippen LogP contribution in [-0.4, -0.2) is 25.8 Å². The molecule has 0 fully saturated rings. The van der Waals surface area contributed by atoms with E-state index in [4.69, 9.17) is 20.3 Å². The second kappa shape index (κ2) is 8.94. The Morgan fingerprint density at radius 3 is 2.87 bits per heavy atom. The summed E-state index contributed by atoms with van der Waals surface area (Å²) >= 11 is 3.41. The van der Waals surface area contributed by atoms with Crippen LogP contribution < -0.4 is 14.9 Å². The van der Waals surface area contributed by atoms with Gasteiger partial charge in [0.2, 0.25) is 0 Å². The van der Waals surface area contributed by atoms with Crippen LogP contribution in [0.15, 0.2) is 68.6 Å². The summed E-state index contributed by atoms with van der Waals surface area (Å²) in [6.07, 6.45) is 6.75. The van der Waals surface area contributed by atoms with Crippen LogP contribution in [0.1, 0.15) is 16.1 Å². The highest BCUT2D eigenvalue weighted by Crippen LogP contribution is 2.34. The van der Waals surface area contributed by atoms with E-state index in [1.807, 2.05) is 36.4 Å². The van der Waals surface area contributed by atoms with Crippen molar-refractivity contribution in [2.24, 2.45) is 5.10 Å². The van der Waals surface area contributed by atoms with Crippen LogP contribution in [0.5, 0.6) is 11.5 Å². The topological polar surface area (TPSA) is 73.1 Å². The molecule has 1 amide bonds. The molecule has 0 aliphatic rings. The van der Waals surface area contributed by atoms with Crippen LogP contribution >= 0.6 is 15.9 Å². The molecule has 1 N–H and O–H groups in total. The molecule has 0 bridgehead atoms. The monoisotopic (exact) mass is 476 g/mol. The molecule has 0 radical (unpaired) electrons. The van der Waals surface area contributed by atoms with E-state index in [1.165, 1.54) is 13.3 Å². The zero-order valence-electron chi connectivity index (χ0n) is 16.5. The predicted octanol–water partition coefficient (Wildman–Crippen LogP) is 5.13. The van der Waals surface area contributed by atoms with Crippen molar-refractivity contribution in [1.82, 2.24) is 5.43 Å². The number of hydrogen-bond acceptors (Lipinski definition) is 5. The molecule has 6 nitrogen and oxygen atoms in total. The number of carbonyl (C=O) groups is 1. The van der Waals surface area contributed by atoms with Gasteiger partial charge >= 0.3 is 5.91 Å². The third kappa shape index (κ3) is 4.25. The van der Waals surface area contributed by atoms with Gasteiger partial charge in [0, 0.05) is 15.4 Å². The maximum absolute atomic E-state index is 12.6. The van der Waals surface area contributed by atoms with Crippen LogP contribution in [-0.2, 0) is 0 Å². The molecular formula is C24H17BrN2O4. The lowest BCUT2D eigenvalue weighted by Crippen LogP contribution is -2.16. The molecule has 4 rings (SSSR count). The van der Waals surface area contributed by atoms with E-state index in [2.05, 4.69) is 32.4 Å². The molecule has 0 spiro atoms. The molecule has 0 saturated heterocycles. The van der Waals surface area contributed by atoms with E-state index >= 15 is 0 Å². The molecule has 0 aliphatic carbocycles. The summed E-state index contributed by atoms with van der Waals surface area (Å²) in [7, 11) is 1.53. The highest BCUT2D eigenvalue weighted by Gasteiger charge is 2.14. The van der Waals surface area contributed by atoms with Crippen molar-refractivity contribution in [2.45, 2.75) is 0 Å². The highest BCUT2D eigenvalue weighted by molar-refractivity contribution is 9.10. The van der Waals surface area contributed by atoms with Crippen molar-refractivity contribution < 1.29 is 18.7 Å². The van der Waals surface area contributed by atoms with Gasteiger partial charge in [-0.2, -0.15) is 5.10 Å². The number of carbonyl (C=O) groups excluding carboxylic acids is 1. The normalized spacial score (nSPS) is 11.0. The minimum Gasteiger partial charge on any atom is -0.493 e. The molecule has 7 heteroatoms. The number of rotatable bonds is 6. The molecule has 3 aromatic carbocycles. The number of nitrogens with zero attached hydrogens (tertiary/aromatic N) is 1. The lowest BCUT2D eigenvalue weighted by molar-refractivity contribution is 0.0929. The SMILES string of the molecule is C#CCOc1c(C=NNC(=O)c2cc3c(ccc4ccccc43)o2)cc(Br)cc1OC. The fourth-order valence-corrected chi connectivity index (χ4v) is 3.68. The number of methoxy groups -OCH3 is 1. The second-order valence-corrected chi connectivity index (χ2v) is 7.44. The zero-order valence-corrected chi connectivity index (χ0v) is 18.1. The van der Waals surface area contributed by atoms with Crippen molar-refractivity contribution in [3.63, 3.8) is 0 Å². The molecule has 1 aromatic heterocycles. The molecule has 0 aliphatic heterocycles. The van der Waals surface area contributed by atoms with Crippen LogP contribution in [0.4, 0.5) is 0 Å². The lowest BCUT2D eigenvalue weighted by atomic mass is 10.1. The van der Waals surface area contributed by atoms with Gasteiger partial charge in [-0.25, -0.2) is 5.43 Å². The Balaban J connectivity index is 1.58. The van der Waals surface area contributed by atoms with Crippen molar-refractivity contribution in [2.75, 3.05) is 13.7 Å². The fourth-order valence-electron chi connectivity index (χ4n) is 3.22. The van der Waals surface area contributed by atoms with Gasteiger partial charge < -0.3 is 13.9 Å². The Labute approximate surface area is 187 Å². The van der Waals surface area contributed by atoms with E-state index in [0.717, 1.165) is 20.6 Å². The third-order valence-electron chi connectivity index (χ3n) is 4.59. The van der Waals surface area contributed by atoms with Gasteiger partial charge in [0.25, 0.3) is 0 Å². The number of benzene rings is 3. The number of halogens is 1. The average Bonchev–Trinajstić information content (AvgIpc) is 3.23. The minimum absolute atomic E-state index is 0.0676. The van der Waals surface area contributed by atoms with Crippen LogP contribution in [0.3, 0.4) is 0 Å². The maximum atomic E-state index is 12.6. The number of ether oxygens (including phenoxy) is 2. The molecule has 4 aromatic rings. The maximum Gasteiger partial charge on any atom is 0.307 e. The number of terminal acetylenes is 1. The van der Waals surface area contributed by atoms with Gasteiger partial charge in [-0.15, -0.1) is 6.42 Å². The lowest BCUT2D eigenvalue weighted by Gasteiger charge is -2.12. The summed E-state index contributed by atoms with van der Waals surface area (Å²) in [6, 6.07) is 17.0. The molecular weight excluding hydrogens is 460 g/mol. The average molecular weight is 477 g/mol. The number of nitrogens with one attached hydrogen (secondary N) is 1. The molecule has 0 saturated carbocycles. The zero-order chi connectivity index (χ0) is 21.8. The number of fused-ring (bicyclic) bond motifs is 3. The Bertz CT molecular complexity index is 1350. The van der Waals surface area contributed by atoms with E-state index in [9.17, 15) is 4.79 Å². The van der Waals surface area contributed by atoms with Gasteiger partial charge in [-0.3, -0.25) is 4.79 Å². The van der Waals surface area contributed by atoms with Gasteiger partial charge in [0.05, 0.1) is 13.3 Å². The number of furan rings is 1. The van der Waals surface area contributed by atoms with E-state index in [1.54, 1.807) is 18.2 Å². The van der Waals surface area contributed by atoms with Crippen molar-refractivity contribution in [3.05, 3.63) is 70.4 Å². The first kappa shape index (κ1) is 20.5. The number of hydrazone groups is 1. The summed E-state index contributed by atoms with van der Waals surface area (Å²) in [5, 5.41) is 7.00. The summed E-state index contributed by atoms with van der Waals surface area (Å²) in [5.41, 5.74) is 3.70. The largest absolute Gasteiger partial charge is 0.493 e. The first-order valence-corrected chi connectivity index (χ1v) is 10.1. The highest BCUT2D eigenvalue weighted by atomic mass is 79.9. The van der Waals surface area contributed by atoms with Gasteiger partial charge in [-0.05, 0) is 35.0 Å². The Kier molecular flexibility index (Phi) is 5.92. The first-order chi connectivity index (χ1) is 15.1. The van der Waals surface area contributed by atoms with E-state index < -0.39 is 5.91 Å². The quantitative estimate of drug-likeness (QED) is 0.237. The van der Waals surface area contributed by atoms with Crippen LogP contribution in [0.2, 0.25) is 0 Å². The standard InChI is InChI=1S/C24H17BrN2O4/c1-3-10-30-23-16(11-17(25)12-21(23)29-2)14-26-27-24(28)22-13-19-18-7-5-4-6-15(18)8-9-20(19)31-22/h1,4-9,11-14H,10H2,2H3,(H,27,28). The van der Waals surface area contributed by atoms with E-state index in [0.29, 0.717) is 22.6 Å². The number of hydrogen-bond donors (Lipinski definition) is 1. The molecule has 0 unspecified atom stereocenters. The van der Waals surface area contributed by atoms with Gasteiger partial charge in [0.1, 0.15) is 12.2 Å². The van der Waals surface area contributed by atoms with Gasteiger partial charge in [-0.1, -0.05) is 52.2 Å². The smallest absolute Gasteiger partial charge is 0.307 e. The summed E-state index contributed by atoms with van der Waals surface area (Å²) in [5.74, 6) is 3.03. The summed E-state index contributed by atoms with van der Waals surface area (Å²) in [6.45, 7) is 0.0676. The summed E-state index contributed by atoms with van der Waals surface area (Å²) < 4.78 is 17.4. The van der Waals surface area contributed by atoms with Crippen LogP contribution in [0, 0.1) is 12.3 Å². The Morgan fingerprint density at radius 2 is 2.06 bits per heavy atom. The van der Waals surface area contributed by atoms with Crippen molar-refractivity contribution >= 4 is 49.8 Å². The number of amides is 1. The second-order valence-electron chi connectivity index (χ2n) is 6.53. The first-order valence-electron chi connectivity index (χ1n) is 9.29. The third-order valence-corrected chi connectivity index (χ3v) is 5.05. The Morgan fingerprint density at radius 1 is 1.23 bits per heavy atom. The summed E-state index contributed by atoms with van der Waals surface area (Å²) in [4.78, 5) is 12.6. The van der Waals surface area contributed by atoms with Crippen molar-refractivity contribution in [3.8, 4) is 23.8 Å². The molecule has 1 heterocycles. The van der Waals surface area contributed by atoms with Crippen molar-refractivity contribution in [1.29, 1.82) is 0 Å². The predicted molar refractivity (Wildman–Crippen MR) is 124 cm³/mol. The molecule has 31 heavy (non-hydrogen) atoms. The van der Waals surface area contributed by atoms with E-state index in [-0.39, 0.29) is 12.4 Å². The minimum atomic E-state index is -0.468. The molecule has 154 valence electrons. The Hall–Kier alpha value is -3.76.